The van der Waals surface area contributed by atoms with Crippen LogP contribution in [-0.4, -0.2) is 48.2 Å². The average Bonchev–Trinajstić information content (AvgIpc) is 3.14. The lowest BCUT2D eigenvalue weighted by atomic mass is 10.1. The van der Waals surface area contributed by atoms with Crippen molar-refractivity contribution in [2.24, 2.45) is 0 Å². The van der Waals surface area contributed by atoms with Crippen LogP contribution in [0.4, 0.5) is 0 Å². The van der Waals surface area contributed by atoms with Gasteiger partial charge in [-0.3, -0.25) is 4.79 Å². The second-order valence-electron chi connectivity index (χ2n) is 5.63. The van der Waals surface area contributed by atoms with Gasteiger partial charge in [-0.2, -0.15) is 5.26 Å². The molecule has 7 heteroatoms. The van der Waals surface area contributed by atoms with E-state index in [2.05, 4.69) is 0 Å². The summed E-state index contributed by atoms with van der Waals surface area (Å²) in [5, 5.41) is 18.6. The first kappa shape index (κ1) is 17.5. The van der Waals surface area contributed by atoms with E-state index >= 15 is 0 Å². The van der Waals surface area contributed by atoms with Crippen LogP contribution in [0.2, 0.25) is 0 Å². The molecule has 1 aromatic heterocycles. The van der Waals surface area contributed by atoms with E-state index in [1.54, 1.807) is 35.2 Å². The van der Waals surface area contributed by atoms with Crippen LogP contribution < -0.4 is 0 Å². The largest absolute Gasteiger partial charge is 0.478 e. The van der Waals surface area contributed by atoms with E-state index in [1.165, 1.54) is 12.1 Å². The lowest BCUT2D eigenvalue weighted by Crippen LogP contribution is -2.41. The Morgan fingerprint density at radius 1 is 1.15 bits per heavy atom. The average molecular weight is 352 g/mol. The first-order valence-corrected chi connectivity index (χ1v) is 8.01. The third-order valence-electron chi connectivity index (χ3n) is 3.99. The molecule has 1 amide bonds. The number of furan rings is 1. The van der Waals surface area contributed by atoms with Crippen molar-refractivity contribution >= 4 is 18.0 Å². The molecule has 0 radical (unpaired) electrons. The van der Waals surface area contributed by atoms with Crippen molar-refractivity contribution < 1.29 is 23.8 Å². The Balaban J connectivity index is 1.87. The molecular weight excluding hydrogens is 336 g/mol. The van der Waals surface area contributed by atoms with Crippen LogP contribution in [0.5, 0.6) is 0 Å². The van der Waals surface area contributed by atoms with E-state index in [4.69, 9.17) is 9.15 Å². The highest BCUT2D eigenvalue weighted by Crippen LogP contribution is 2.27. The normalized spacial score (nSPS) is 14.7. The molecule has 7 nitrogen and oxygen atoms in total. The van der Waals surface area contributed by atoms with Gasteiger partial charge in [0, 0.05) is 24.7 Å². The lowest BCUT2D eigenvalue weighted by Gasteiger charge is -2.26. The molecule has 0 atom stereocenters. The van der Waals surface area contributed by atoms with E-state index in [1.807, 2.05) is 6.07 Å². The van der Waals surface area contributed by atoms with E-state index < -0.39 is 5.97 Å². The van der Waals surface area contributed by atoms with Crippen molar-refractivity contribution in [3.05, 3.63) is 53.3 Å². The Morgan fingerprint density at radius 3 is 2.58 bits per heavy atom. The zero-order valence-electron chi connectivity index (χ0n) is 13.8. The van der Waals surface area contributed by atoms with Crippen LogP contribution in [0.3, 0.4) is 0 Å². The molecule has 0 bridgehead atoms. The van der Waals surface area contributed by atoms with Gasteiger partial charge in [0.05, 0.1) is 18.8 Å². The number of carbonyl (C=O) groups excluding carboxylic acids is 1. The third-order valence-corrected chi connectivity index (χ3v) is 3.99. The van der Waals surface area contributed by atoms with Crippen molar-refractivity contribution in [3.63, 3.8) is 0 Å². The van der Waals surface area contributed by atoms with Gasteiger partial charge in [0.25, 0.3) is 5.91 Å². The fourth-order valence-electron chi connectivity index (χ4n) is 2.68. The summed E-state index contributed by atoms with van der Waals surface area (Å²) in [5.41, 5.74) is 0.499. The Morgan fingerprint density at radius 2 is 1.88 bits per heavy atom. The van der Waals surface area contributed by atoms with Gasteiger partial charge in [0.1, 0.15) is 23.2 Å². The number of hydrogen-bond donors (Lipinski definition) is 1. The Bertz CT molecular complexity index is 901. The fraction of sp³-hybridized carbons (Fsp3) is 0.211. The molecule has 26 heavy (non-hydrogen) atoms. The lowest BCUT2D eigenvalue weighted by molar-refractivity contribution is -0.130. The second kappa shape index (κ2) is 7.68. The SMILES string of the molecule is N#C/C(=C/c1ccc(-c2ccccc2C(=O)O)o1)C(=O)N1CCOCC1. The highest BCUT2D eigenvalue weighted by atomic mass is 16.5. The van der Waals surface area contributed by atoms with Crippen LogP contribution in [0.25, 0.3) is 17.4 Å². The summed E-state index contributed by atoms with van der Waals surface area (Å²) >= 11 is 0. The van der Waals surface area contributed by atoms with Crippen molar-refractivity contribution in [2.45, 2.75) is 0 Å². The molecule has 0 unspecified atom stereocenters. The molecule has 1 fully saturated rings. The number of benzene rings is 1. The summed E-state index contributed by atoms with van der Waals surface area (Å²) in [6.07, 6.45) is 1.37. The number of aromatic carboxylic acids is 1. The van der Waals surface area contributed by atoms with E-state index in [0.717, 1.165) is 0 Å². The van der Waals surface area contributed by atoms with Gasteiger partial charge in [-0.05, 0) is 18.2 Å². The van der Waals surface area contributed by atoms with Gasteiger partial charge >= 0.3 is 5.97 Å². The monoisotopic (exact) mass is 352 g/mol. The maximum atomic E-state index is 12.4. The number of amides is 1. The van der Waals surface area contributed by atoms with Crippen LogP contribution in [0, 0.1) is 11.3 Å². The minimum atomic E-state index is -1.06. The highest BCUT2D eigenvalue weighted by Gasteiger charge is 2.21. The fourth-order valence-corrected chi connectivity index (χ4v) is 2.68. The Labute approximate surface area is 149 Å². The molecule has 132 valence electrons. The molecule has 0 saturated carbocycles. The van der Waals surface area contributed by atoms with Crippen LogP contribution in [0.15, 0.2) is 46.4 Å². The molecule has 0 aliphatic carbocycles. The smallest absolute Gasteiger partial charge is 0.336 e. The van der Waals surface area contributed by atoms with Crippen LogP contribution >= 0.6 is 0 Å². The third kappa shape index (κ3) is 3.66. The molecule has 3 rings (SSSR count). The van der Waals surface area contributed by atoms with Gasteiger partial charge in [-0.15, -0.1) is 0 Å². The van der Waals surface area contributed by atoms with E-state index in [0.29, 0.717) is 43.4 Å². The quantitative estimate of drug-likeness (QED) is 0.669. The summed E-state index contributed by atoms with van der Waals surface area (Å²) in [6.45, 7) is 1.77. The molecular formula is C19H16N2O5. The van der Waals surface area contributed by atoms with E-state index in [-0.39, 0.29) is 17.0 Å². The van der Waals surface area contributed by atoms with E-state index in [9.17, 15) is 20.0 Å². The topological polar surface area (TPSA) is 104 Å². The Kier molecular flexibility index (Phi) is 5.15. The van der Waals surface area contributed by atoms with Gasteiger partial charge < -0.3 is 19.2 Å². The van der Waals surface area contributed by atoms with Gasteiger partial charge in [0.2, 0.25) is 0 Å². The predicted molar refractivity (Wildman–Crippen MR) is 92.1 cm³/mol. The van der Waals surface area contributed by atoms with Crippen molar-refractivity contribution in [3.8, 4) is 17.4 Å². The molecule has 2 heterocycles. The number of carboxylic acid groups (broad SMARTS) is 1. The molecule has 0 spiro atoms. The number of rotatable bonds is 4. The van der Waals surface area contributed by atoms with Crippen molar-refractivity contribution in [1.29, 1.82) is 5.26 Å². The minimum absolute atomic E-state index is 0.0423. The molecule has 2 aromatic rings. The number of nitriles is 1. The standard InChI is InChI=1S/C19H16N2O5/c20-12-13(18(22)21-7-9-25-10-8-21)11-14-5-6-17(26-14)15-3-1-2-4-16(15)19(23)24/h1-6,11H,7-10H2,(H,23,24)/b13-11-. The molecule has 1 aliphatic heterocycles. The van der Waals surface area contributed by atoms with Crippen LogP contribution in [-0.2, 0) is 9.53 Å². The second-order valence-corrected chi connectivity index (χ2v) is 5.63. The van der Waals surface area contributed by atoms with Crippen LogP contribution in [0.1, 0.15) is 16.1 Å². The molecule has 1 aromatic carbocycles. The first-order valence-electron chi connectivity index (χ1n) is 8.01. The highest BCUT2D eigenvalue weighted by molar-refractivity contribution is 6.01. The zero-order chi connectivity index (χ0) is 18.5. The number of ether oxygens (including phenoxy) is 1. The predicted octanol–water partition coefficient (Wildman–Crippen LogP) is 2.41. The number of nitrogens with zero attached hydrogens (tertiary/aromatic N) is 2. The molecule has 1 N–H and O–H groups in total. The van der Waals surface area contributed by atoms with Gasteiger partial charge in [-0.1, -0.05) is 18.2 Å². The maximum Gasteiger partial charge on any atom is 0.336 e. The van der Waals surface area contributed by atoms with Crippen molar-refractivity contribution in [1.82, 2.24) is 4.90 Å². The summed E-state index contributed by atoms with van der Waals surface area (Å²) in [6, 6.07) is 11.6. The summed E-state index contributed by atoms with van der Waals surface area (Å²) in [4.78, 5) is 25.3. The summed E-state index contributed by atoms with van der Waals surface area (Å²) in [5.74, 6) is -0.780. The maximum absolute atomic E-state index is 12.4. The van der Waals surface area contributed by atoms with Gasteiger partial charge in [0.15, 0.2) is 0 Å². The molecule has 1 aliphatic rings. The number of carbonyl (C=O) groups is 2. The number of carboxylic acids is 1. The first-order chi connectivity index (χ1) is 12.6. The summed E-state index contributed by atoms with van der Waals surface area (Å²) in [7, 11) is 0. The molecule has 1 saturated heterocycles. The van der Waals surface area contributed by atoms with Gasteiger partial charge in [-0.25, -0.2) is 4.79 Å². The van der Waals surface area contributed by atoms with Crippen molar-refractivity contribution in [2.75, 3.05) is 26.3 Å². The zero-order valence-corrected chi connectivity index (χ0v) is 13.8. The summed E-state index contributed by atoms with van der Waals surface area (Å²) < 4.78 is 10.8. The number of morpholine rings is 1. The minimum Gasteiger partial charge on any atom is -0.478 e. The Hall–Kier alpha value is -3.37. The number of hydrogen-bond acceptors (Lipinski definition) is 5.